The Morgan fingerprint density at radius 3 is 2.64 bits per heavy atom. The van der Waals surface area contributed by atoms with Crippen LogP contribution in [0.25, 0.3) is 33.1 Å². The lowest BCUT2D eigenvalue weighted by atomic mass is 10.0. The fourth-order valence-corrected chi connectivity index (χ4v) is 5.04. The minimum absolute atomic E-state index is 0.00808. The van der Waals surface area contributed by atoms with Crippen LogP contribution in [0.1, 0.15) is 24.7 Å². The maximum Gasteiger partial charge on any atom is 0.248 e. The number of imidazole rings is 1. The Hall–Kier alpha value is -3.23. The van der Waals surface area contributed by atoms with Gasteiger partial charge in [0, 0.05) is 41.7 Å². The van der Waals surface area contributed by atoms with Gasteiger partial charge in [0.2, 0.25) is 5.91 Å². The Kier molecular flexibility index (Phi) is 5.42. The summed E-state index contributed by atoms with van der Waals surface area (Å²) < 4.78 is 17.2. The highest BCUT2D eigenvalue weighted by Gasteiger charge is 2.27. The zero-order valence-corrected chi connectivity index (χ0v) is 18.7. The predicted molar refractivity (Wildman–Crippen MR) is 124 cm³/mol. The SMILES string of the molecule is Cc1nc2cnc3cc(F)c(-c4ccc(O)cc4Cl)cc3c2n1C1CCN(C(=O)CO)CC1. The number of carbonyl (C=O) groups is 1. The lowest BCUT2D eigenvalue weighted by molar-refractivity contribution is -0.135. The molecule has 4 aromatic rings. The van der Waals surface area contributed by atoms with Gasteiger partial charge in [-0.25, -0.2) is 9.37 Å². The van der Waals surface area contributed by atoms with Gasteiger partial charge in [-0.2, -0.15) is 0 Å². The van der Waals surface area contributed by atoms with Crippen LogP contribution in [-0.4, -0.2) is 55.3 Å². The molecule has 3 heterocycles. The monoisotopic (exact) mass is 468 g/mol. The molecule has 170 valence electrons. The van der Waals surface area contributed by atoms with Gasteiger partial charge in [0.05, 0.1) is 22.3 Å². The molecule has 33 heavy (non-hydrogen) atoms. The number of rotatable bonds is 3. The fourth-order valence-electron chi connectivity index (χ4n) is 4.76. The van der Waals surface area contributed by atoms with E-state index in [0.717, 1.165) is 29.6 Å². The van der Waals surface area contributed by atoms with Crippen molar-refractivity contribution >= 4 is 39.4 Å². The first-order chi connectivity index (χ1) is 15.9. The fraction of sp³-hybridized carbons (Fsp3) is 0.292. The van der Waals surface area contributed by atoms with Crippen LogP contribution in [0.2, 0.25) is 5.02 Å². The number of aromatic hydroxyl groups is 1. The van der Waals surface area contributed by atoms with Crippen LogP contribution in [0.15, 0.2) is 36.5 Å². The van der Waals surface area contributed by atoms with Crippen molar-refractivity contribution in [1.29, 1.82) is 0 Å². The van der Waals surface area contributed by atoms with Crippen molar-refractivity contribution in [2.24, 2.45) is 0 Å². The van der Waals surface area contributed by atoms with Gasteiger partial charge in [-0.3, -0.25) is 9.78 Å². The number of carbonyl (C=O) groups excluding carboxylic acids is 1. The molecule has 1 amide bonds. The van der Waals surface area contributed by atoms with Crippen LogP contribution in [0.5, 0.6) is 5.75 Å². The number of nitrogens with zero attached hydrogens (tertiary/aromatic N) is 4. The molecular weight excluding hydrogens is 447 g/mol. The van der Waals surface area contributed by atoms with Crippen molar-refractivity contribution < 1.29 is 19.4 Å². The molecule has 1 aliphatic heterocycles. The van der Waals surface area contributed by atoms with E-state index in [0.29, 0.717) is 35.2 Å². The van der Waals surface area contributed by atoms with E-state index in [9.17, 15) is 9.90 Å². The van der Waals surface area contributed by atoms with Gasteiger partial charge in [-0.15, -0.1) is 0 Å². The third-order valence-corrected chi connectivity index (χ3v) is 6.65. The highest BCUT2D eigenvalue weighted by molar-refractivity contribution is 6.33. The quantitative estimate of drug-likeness (QED) is 0.470. The second-order valence-electron chi connectivity index (χ2n) is 8.30. The maximum atomic E-state index is 15.1. The Labute approximate surface area is 194 Å². The molecule has 5 rings (SSSR count). The number of phenols is 1. The molecule has 0 spiro atoms. The molecule has 2 aromatic heterocycles. The summed E-state index contributed by atoms with van der Waals surface area (Å²) in [5, 5.41) is 19.8. The average Bonchev–Trinajstić information content (AvgIpc) is 3.14. The van der Waals surface area contributed by atoms with Crippen molar-refractivity contribution in [2.45, 2.75) is 25.8 Å². The Morgan fingerprint density at radius 1 is 1.18 bits per heavy atom. The molecule has 1 fully saturated rings. The zero-order chi connectivity index (χ0) is 23.3. The van der Waals surface area contributed by atoms with Gasteiger partial charge in [0.25, 0.3) is 0 Å². The number of benzene rings is 2. The number of hydrogen-bond acceptors (Lipinski definition) is 5. The molecule has 9 heteroatoms. The third-order valence-electron chi connectivity index (χ3n) is 6.34. The summed E-state index contributed by atoms with van der Waals surface area (Å²) in [4.78, 5) is 22.6. The minimum Gasteiger partial charge on any atom is -0.508 e. The van der Waals surface area contributed by atoms with Gasteiger partial charge >= 0.3 is 0 Å². The molecule has 0 unspecified atom stereocenters. The lowest BCUT2D eigenvalue weighted by Gasteiger charge is -2.33. The Morgan fingerprint density at radius 2 is 1.94 bits per heavy atom. The van der Waals surface area contributed by atoms with Gasteiger partial charge in [-0.05, 0) is 44.0 Å². The number of halogens is 2. The number of aryl methyl sites for hydroxylation is 1. The number of amides is 1. The molecule has 1 aliphatic rings. The molecule has 2 N–H and O–H groups in total. The molecule has 0 aliphatic carbocycles. The van der Waals surface area contributed by atoms with Crippen LogP contribution < -0.4 is 0 Å². The first-order valence-electron chi connectivity index (χ1n) is 10.7. The van der Waals surface area contributed by atoms with Crippen LogP contribution in [0.4, 0.5) is 4.39 Å². The highest BCUT2D eigenvalue weighted by Crippen LogP contribution is 2.37. The van der Waals surface area contributed by atoms with E-state index >= 15 is 4.39 Å². The smallest absolute Gasteiger partial charge is 0.248 e. The maximum absolute atomic E-state index is 15.1. The summed E-state index contributed by atoms with van der Waals surface area (Å²) in [5.41, 5.74) is 2.87. The number of hydrogen-bond donors (Lipinski definition) is 2. The second kappa shape index (κ2) is 8.28. The number of phenolic OH excluding ortho intramolecular Hbond substituents is 1. The number of fused-ring (bicyclic) bond motifs is 3. The van der Waals surface area contributed by atoms with E-state index in [1.54, 1.807) is 23.2 Å². The highest BCUT2D eigenvalue weighted by atomic mass is 35.5. The molecular formula is C24H22ClFN4O3. The Balaban J connectivity index is 1.66. The summed E-state index contributed by atoms with van der Waals surface area (Å²) in [6.07, 6.45) is 3.09. The number of aliphatic hydroxyl groups is 1. The van der Waals surface area contributed by atoms with Crippen molar-refractivity contribution in [1.82, 2.24) is 19.4 Å². The third kappa shape index (κ3) is 3.69. The summed E-state index contributed by atoms with van der Waals surface area (Å²) in [5.74, 6) is 0.107. The summed E-state index contributed by atoms with van der Waals surface area (Å²) in [7, 11) is 0. The summed E-state index contributed by atoms with van der Waals surface area (Å²) >= 11 is 6.30. The molecule has 0 saturated carbocycles. The minimum atomic E-state index is -0.484. The van der Waals surface area contributed by atoms with Crippen molar-refractivity contribution in [3.05, 3.63) is 53.2 Å². The Bertz CT molecular complexity index is 1400. The molecule has 7 nitrogen and oxygen atoms in total. The average molecular weight is 469 g/mol. The first kappa shape index (κ1) is 21.6. The van der Waals surface area contributed by atoms with Crippen LogP contribution in [-0.2, 0) is 4.79 Å². The number of aliphatic hydroxyl groups excluding tert-OH is 1. The van der Waals surface area contributed by atoms with Crippen molar-refractivity contribution in [2.75, 3.05) is 19.7 Å². The van der Waals surface area contributed by atoms with Gasteiger partial charge in [-0.1, -0.05) is 11.6 Å². The number of aromatic nitrogens is 3. The van der Waals surface area contributed by atoms with Crippen LogP contribution in [0, 0.1) is 12.7 Å². The standard InChI is InChI=1S/C24H22ClFN4O3/c1-13-28-22-11-27-21-10-20(26)17(16-3-2-15(32)8-19(16)25)9-18(21)24(22)30(13)14-4-6-29(7-5-14)23(33)12-31/h2-3,8-11,14,31-32H,4-7,12H2,1H3. The molecule has 2 aromatic carbocycles. The molecule has 0 bridgehead atoms. The predicted octanol–water partition coefficient (Wildman–Crippen LogP) is 4.21. The number of piperidine rings is 1. The van der Waals surface area contributed by atoms with Gasteiger partial charge in [0.1, 0.15) is 29.5 Å². The van der Waals surface area contributed by atoms with Crippen molar-refractivity contribution in [3.8, 4) is 16.9 Å². The summed E-state index contributed by atoms with van der Waals surface area (Å²) in [6.45, 7) is 2.55. The van der Waals surface area contributed by atoms with Gasteiger partial charge in [0.15, 0.2) is 0 Å². The number of likely N-dealkylation sites (tertiary alicyclic amines) is 1. The van der Waals surface area contributed by atoms with E-state index < -0.39 is 12.4 Å². The van der Waals surface area contributed by atoms with Crippen molar-refractivity contribution in [3.63, 3.8) is 0 Å². The van der Waals surface area contributed by atoms with E-state index in [4.69, 9.17) is 16.7 Å². The topological polar surface area (TPSA) is 91.5 Å². The number of pyridine rings is 1. The zero-order valence-electron chi connectivity index (χ0n) is 17.9. The largest absolute Gasteiger partial charge is 0.508 e. The molecule has 0 atom stereocenters. The van der Waals surface area contributed by atoms with E-state index in [1.165, 1.54) is 18.2 Å². The first-order valence-corrected chi connectivity index (χ1v) is 11.1. The normalized spacial score (nSPS) is 15.0. The van der Waals surface area contributed by atoms with E-state index in [2.05, 4.69) is 14.5 Å². The lowest BCUT2D eigenvalue weighted by Crippen LogP contribution is -2.40. The second-order valence-corrected chi connectivity index (χ2v) is 8.71. The summed E-state index contributed by atoms with van der Waals surface area (Å²) in [6, 6.07) is 7.68. The molecule has 1 saturated heterocycles. The van der Waals surface area contributed by atoms with E-state index in [1.807, 2.05) is 6.92 Å². The van der Waals surface area contributed by atoms with Crippen LogP contribution >= 0.6 is 11.6 Å². The van der Waals surface area contributed by atoms with Crippen LogP contribution in [0.3, 0.4) is 0 Å². The van der Waals surface area contributed by atoms with E-state index in [-0.39, 0.29) is 22.7 Å². The van der Waals surface area contributed by atoms with Gasteiger partial charge < -0.3 is 19.7 Å². The molecule has 0 radical (unpaired) electrons.